The van der Waals surface area contributed by atoms with E-state index in [2.05, 4.69) is 0 Å². The average Bonchev–Trinajstić information content (AvgIpc) is 2.25. The smallest absolute Gasteiger partial charge is 0.182 e. The second-order valence-electron chi connectivity index (χ2n) is 4.12. The van der Waals surface area contributed by atoms with E-state index in [1.807, 2.05) is 0 Å². The van der Waals surface area contributed by atoms with Crippen LogP contribution >= 0.6 is 0 Å². The third-order valence-corrected chi connectivity index (χ3v) is 2.23. The summed E-state index contributed by atoms with van der Waals surface area (Å²) in [6.07, 6.45) is 0. The highest BCUT2D eigenvalue weighted by molar-refractivity contribution is 6.02. The lowest BCUT2D eigenvalue weighted by Crippen LogP contribution is -2.41. The van der Waals surface area contributed by atoms with Gasteiger partial charge in [-0.25, -0.2) is 0 Å². The molecule has 0 aliphatic rings. The highest BCUT2D eigenvalue weighted by atomic mass is 16.5. The Kier molecular flexibility index (Phi) is 3.55. The van der Waals surface area contributed by atoms with Crippen LogP contribution in [0.3, 0.4) is 0 Å². The van der Waals surface area contributed by atoms with Gasteiger partial charge in [0.25, 0.3) is 0 Å². The quantitative estimate of drug-likeness (QED) is 0.788. The molecule has 4 nitrogen and oxygen atoms in total. The first-order valence-corrected chi connectivity index (χ1v) is 4.96. The van der Waals surface area contributed by atoms with E-state index >= 15 is 0 Å². The van der Waals surface area contributed by atoms with Crippen LogP contribution in [0.25, 0.3) is 0 Å². The third kappa shape index (κ3) is 2.52. The lowest BCUT2D eigenvalue weighted by Gasteiger charge is -2.17. The molecule has 88 valence electrons. The fraction of sp³-hybridized carbons (Fsp3) is 0.417. The van der Waals surface area contributed by atoms with Gasteiger partial charge in [-0.05, 0) is 32.0 Å². The van der Waals surface area contributed by atoms with Gasteiger partial charge in [0.15, 0.2) is 17.3 Å². The fourth-order valence-electron chi connectivity index (χ4n) is 1.35. The molecule has 0 amide bonds. The van der Waals surface area contributed by atoms with Gasteiger partial charge in [0.1, 0.15) is 0 Å². The summed E-state index contributed by atoms with van der Waals surface area (Å²) in [5.41, 5.74) is 5.38. The summed E-state index contributed by atoms with van der Waals surface area (Å²) in [5, 5.41) is 0. The van der Waals surface area contributed by atoms with Crippen LogP contribution in [0.5, 0.6) is 11.5 Å². The SMILES string of the molecule is COc1ccc(C(=O)C(C)(C)N)cc1OC. The van der Waals surface area contributed by atoms with Gasteiger partial charge in [-0.15, -0.1) is 0 Å². The first-order valence-electron chi connectivity index (χ1n) is 4.96. The zero-order valence-corrected chi connectivity index (χ0v) is 10.0. The van der Waals surface area contributed by atoms with Gasteiger partial charge in [0, 0.05) is 5.56 Å². The molecule has 2 N–H and O–H groups in total. The Hall–Kier alpha value is -1.55. The van der Waals surface area contributed by atoms with Crippen LogP contribution in [0.2, 0.25) is 0 Å². The normalized spacial score (nSPS) is 11.1. The molecule has 0 unspecified atom stereocenters. The number of nitrogens with two attached hydrogens (primary N) is 1. The topological polar surface area (TPSA) is 61.5 Å². The zero-order chi connectivity index (χ0) is 12.3. The molecule has 1 rings (SSSR count). The number of hydrogen-bond acceptors (Lipinski definition) is 4. The van der Waals surface area contributed by atoms with E-state index in [9.17, 15) is 4.79 Å². The molecule has 4 heteroatoms. The summed E-state index contributed by atoms with van der Waals surface area (Å²) in [6.45, 7) is 3.35. The Morgan fingerprint density at radius 1 is 1.19 bits per heavy atom. The summed E-state index contributed by atoms with van der Waals surface area (Å²) in [5.74, 6) is 0.986. The minimum atomic E-state index is -0.889. The van der Waals surface area contributed by atoms with Gasteiger partial charge in [0.2, 0.25) is 0 Å². The average molecular weight is 223 g/mol. The van der Waals surface area contributed by atoms with E-state index < -0.39 is 5.54 Å². The standard InChI is InChI=1S/C12H17NO3/c1-12(2,13)11(14)8-5-6-9(15-3)10(7-8)16-4/h5-7H,13H2,1-4H3. The fourth-order valence-corrected chi connectivity index (χ4v) is 1.35. The van der Waals surface area contributed by atoms with E-state index in [-0.39, 0.29) is 5.78 Å². The number of hydrogen-bond donors (Lipinski definition) is 1. The molecule has 0 saturated heterocycles. The Morgan fingerprint density at radius 3 is 2.19 bits per heavy atom. The van der Waals surface area contributed by atoms with E-state index in [1.54, 1.807) is 39.2 Å². The maximum absolute atomic E-state index is 11.9. The molecule has 0 radical (unpaired) electrons. The van der Waals surface area contributed by atoms with Crippen molar-refractivity contribution in [2.75, 3.05) is 14.2 Å². The highest BCUT2D eigenvalue weighted by Gasteiger charge is 2.24. The van der Waals surface area contributed by atoms with Crippen LogP contribution in [0.4, 0.5) is 0 Å². The Labute approximate surface area is 95.3 Å². The van der Waals surface area contributed by atoms with Crippen LogP contribution in [0.15, 0.2) is 18.2 Å². The molecule has 1 aromatic carbocycles. The predicted octanol–water partition coefficient (Wildman–Crippen LogP) is 1.62. The lowest BCUT2D eigenvalue weighted by molar-refractivity contribution is 0.0913. The van der Waals surface area contributed by atoms with E-state index in [0.717, 1.165) is 0 Å². The minimum Gasteiger partial charge on any atom is -0.493 e. The van der Waals surface area contributed by atoms with Crippen LogP contribution < -0.4 is 15.2 Å². The van der Waals surface area contributed by atoms with Crippen molar-refractivity contribution < 1.29 is 14.3 Å². The molecule has 0 spiro atoms. The van der Waals surface area contributed by atoms with Crippen molar-refractivity contribution in [3.63, 3.8) is 0 Å². The number of carbonyl (C=O) groups is 1. The van der Waals surface area contributed by atoms with Gasteiger partial charge < -0.3 is 15.2 Å². The Bertz CT molecular complexity index is 394. The molecule has 0 saturated carbocycles. The predicted molar refractivity (Wildman–Crippen MR) is 62.1 cm³/mol. The first kappa shape index (κ1) is 12.5. The number of carbonyl (C=O) groups excluding carboxylic acids is 1. The summed E-state index contributed by atoms with van der Waals surface area (Å²) < 4.78 is 10.2. The molecule has 0 fully saturated rings. The van der Waals surface area contributed by atoms with Crippen LogP contribution in [-0.4, -0.2) is 25.5 Å². The van der Waals surface area contributed by atoms with Crippen molar-refractivity contribution >= 4 is 5.78 Å². The summed E-state index contributed by atoms with van der Waals surface area (Å²) in [4.78, 5) is 11.9. The minimum absolute atomic E-state index is 0.131. The van der Waals surface area contributed by atoms with Gasteiger partial charge in [-0.1, -0.05) is 0 Å². The third-order valence-electron chi connectivity index (χ3n) is 2.23. The van der Waals surface area contributed by atoms with Gasteiger partial charge in [-0.2, -0.15) is 0 Å². The number of benzene rings is 1. The number of ketones is 1. The maximum atomic E-state index is 11.9. The van der Waals surface area contributed by atoms with Crippen molar-refractivity contribution in [2.45, 2.75) is 19.4 Å². The molecule has 0 bridgehead atoms. The van der Waals surface area contributed by atoms with Gasteiger partial charge in [-0.3, -0.25) is 4.79 Å². The first-order chi connectivity index (χ1) is 7.40. The number of methoxy groups -OCH3 is 2. The molecule has 0 aliphatic heterocycles. The molecule has 1 aromatic rings. The van der Waals surface area contributed by atoms with E-state index in [0.29, 0.717) is 17.1 Å². The van der Waals surface area contributed by atoms with E-state index in [4.69, 9.17) is 15.2 Å². The van der Waals surface area contributed by atoms with Crippen LogP contribution in [-0.2, 0) is 0 Å². The van der Waals surface area contributed by atoms with Crippen molar-refractivity contribution in [1.29, 1.82) is 0 Å². The maximum Gasteiger partial charge on any atom is 0.182 e. The Morgan fingerprint density at radius 2 is 1.75 bits per heavy atom. The lowest BCUT2D eigenvalue weighted by atomic mass is 9.94. The zero-order valence-electron chi connectivity index (χ0n) is 10.0. The molecular weight excluding hydrogens is 206 g/mol. The molecular formula is C12H17NO3. The number of rotatable bonds is 4. The summed E-state index contributed by atoms with van der Waals surface area (Å²) in [7, 11) is 3.08. The highest BCUT2D eigenvalue weighted by Crippen LogP contribution is 2.28. The summed E-state index contributed by atoms with van der Waals surface area (Å²) >= 11 is 0. The van der Waals surface area contributed by atoms with Crippen LogP contribution in [0.1, 0.15) is 24.2 Å². The van der Waals surface area contributed by atoms with Gasteiger partial charge >= 0.3 is 0 Å². The van der Waals surface area contributed by atoms with Crippen molar-refractivity contribution in [3.8, 4) is 11.5 Å². The van der Waals surface area contributed by atoms with Crippen molar-refractivity contribution in [1.82, 2.24) is 0 Å². The molecule has 16 heavy (non-hydrogen) atoms. The molecule has 0 aromatic heterocycles. The molecule has 0 heterocycles. The monoisotopic (exact) mass is 223 g/mol. The largest absolute Gasteiger partial charge is 0.493 e. The van der Waals surface area contributed by atoms with Crippen LogP contribution in [0, 0.1) is 0 Å². The molecule has 0 atom stereocenters. The second kappa shape index (κ2) is 4.53. The molecule has 0 aliphatic carbocycles. The van der Waals surface area contributed by atoms with Crippen molar-refractivity contribution in [3.05, 3.63) is 23.8 Å². The Balaban J connectivity index is 3.13. The van der Waals surface area contributed by atoms with Crippen molar-refractivity contribution in [2.24, 2.45) is 5.73 Å². The van der Waals surface area contributed by atoms with E-state index in [1.165, 1.54) is 7.11 Å². The number of ether oxygens (including phenoxy) is 2. The summed E-state index contributed by atoms with van der Waals surface area (Å²) in [6, 6.07) is 5.01. The number of Topliss-reactive ketones (excluding diaryl/α,β-unsaturated/α-hetero) is 1. The second-order valence-corrected chi connectivity index (χ2v) is 4.12. The van der Waals surface area contributed by atoms with Gasteiger partial charge in [0.05, 0.1) is 19.8 Å².